The molecule has 25 heavy (non-hydrogen) atoms. The van der Waals surface area contributed by atoms with Crippen LogP contribution in [0.1, 0.15) is 16.8 Å². The number of aromatic nitrogens is 3. The number of nitrogens with zero attached hydrogens (tertiary/aromatic N) is 3. The molecule has 0 bridgehead atoms. The normalized spacial score (nSPS) is 14.5. The van der Waals surface area contributed by atoms with Crippen molar-refractivity contribution in [3.63, 3.8) is 0 Å². The van der Waals surface area contributed by atoms with Gasteiger partial charge in [-0.25, -0.2) is 9.97 Å². The molecule has 3 aromatic heterocycles. The summed E-state index contributed by atoms with van der Waals surface area (Å²) in [5.41, 5.74) is 2.48. The molecule has 0 atom stereocenters. The molecule has 0 saturated carbocycles. The van der Waals surface area contributed by atoms with E-state index in [9.17, 15) is 4.79 Å². The van der Waals surface area contributed by atoms with E-state index in [0.717, 1.165) is 28.2 Å². The second-order valence-electron chi connectivity index (χ2n) is 5.86. The smallest absolute Gasteiger partial charge is 0.254 e. The summed E-state index contributed by atoms with van der Waals surface area (Å²) in [6, 6.07) is 7.52. The molecule has 0 spiro atoms. The van der Waals surface area contributed by atoms with Gasteiger partial charge in [0.25, 0.3) is 5.56 Å². The summed E-state index contributed by atoms with van der Waals surface area (Å²) in [7, 11) is 0. The fourth-order valence-electron chi connectivity index (χ4n) is 2.96. The van der Waals surface area contributed by atoms with Crippen molar-refractivity contribution in [1.82, 2.24) is 19.9 Å². The molecule has 0 fully saturated rings. The third-order valence-electron chi connectivity index (χ3n) is 4.19. The molecule has 5 nitrogen and oxygen atoms in total. The van der Waals surface area contributed by atoms with Gasteiger partial charge in [-0.1, -0.05) is 35.3 Å². The Labute approximate surface area is 158 Å². The number of halogens is 2. The first-order chi connectivity index (χ1) is 12.1. The van der Waals surface area contributed by atoms with Gasteiger partial charge < -0.3 is 4.98 Å². The third kappa shape index (κ3) is 3.48. The van der Waals surface area contributed by atoms with Crippen molar-refractivity contribution in [2.75, 3.05) is 6.54 Å². The average molecular weight is 393 g/mol. The lowest BCUT2D eigenvalue weighted by Crippen LogP contribution is -2.35. The summed E-state index contributed by atoms with van der Waals surface area (Å²) in [4.78, 5) is 27.2. The van der Waals surface area contributed by atoms with E-state index in [2.05, 4.69) is 19.9 Å². The molecular weight excluding hydrogens is 379 g/mol. The summed E-state index contributed by atoms with van der Waals surface area (Å²) in [6.45, 7) is 2.02. The number of nitrogens with one attached hydrogen (secondary N) is 1. The van der Waals surface area contributed by atoms with Crippen LogP contribution in [0.5, 0.6) is 0 Å². The van der Waals surface area contributed by atoms with E-state index < -0.39 is 0 Å². The fraction of sp³-hybridized carbons (Fsp3) is 0.235. The zero-order chi connectivity index (χ0) is 17.4. The van der Waals surface area contributed by atoms with Crippen molar-refractivity contribution in [2.45, 2.75) is 19.5 Å². The van der Waals surface area contributed by atoms with E-state index in [1.807, 2.05) is 23.6 Å². The Morgan fingerprint density at radius 2 is 2.12 bits per heavy atom. The Morgan fingerprint density at radius 3 is 2.88 bits per heavy atom. The molecule has 1 aliphatic heterocycles. The molecule has 1 N–H and O–H groups in total. The molecule has 0 amide bonds. The maximum atomic E-state index is 12.4. The van der Waals surface area contributed by atoms with Gasteiger partial charge in [0.15, 0.2) is 5.82 Å². The van der Waals surface area contributed by atoms with E-state index in [1.54, 1.807) is 17.4 Å². The maximum absolute atomic E-state index is 12.4. The molecule has 128 valence electrons. The highest BCUT2D eigenvalue weighted by Crippen LogP contribution is 2.24. The zero-order valence-electron chi connectivity index (χ0n) is 13.1. The van der Waals surface area contributed by atoms with Gasteiger partial charge in [0, 0.05) is 30.8 Å². The predicted molar refractivity (Wildman–Crippen MR) is 100 cm³/mol. The lowest BCUT2D eigenvalue weighted by Gasteiger charge is -2.27. The Balaban J connectivity index is 1.61. The number of fused-ring (bicyclic) bond motifs is 1. The highest BCUT2D eigenvalue weighted by atomic mass is 35.5. The lowest BCUT2D eigenvalue weighted by atomic mass is 10.1. The monoisotopic (exact) mass is 392 g/mol. The number of hydrogen-bond acceptors (Lipinski definition) is 5. The van der Waals surface area contributed by atoms with E-state index in [-0.39, 0.29) is 5.56 Å². The molecular formula is C17H14Cl2N4OS. The number of H-pyrrole nitrogens is 1. The van der Waals surface area contributed by atoms with Crippen LogP contribution < -0.4 is 5.56 Å². The quantitative estimate of drug-likeness (QED) is 0.689. The summed E-state index contributed by atoms with van der Waals surface area (Å²) in [6.07, 6.45) is 0.668. The molecule has 1 aliphatic rings. The molecule has 0 unspecified atom stereocenters. The summed E-state index contributed by atoms with van der Waals surface area (Å²) < 4.78 is 0. The standard InChI is InChI=1S/C17H14Cl2N4OS/c18-14-4-3-10(15(19)21-14)8-23-6-5-11-12(9-23)20-16(22-17(11)24)13-2-1-7-25-13/h1-4,7H,5-6,8-9H2,(H,20,22,24). The van der Waals surface area contributed by atoms with E-state index in [4.69, 9.17) is 23.2 Å². The Kier molecular flexibility index (Phi) is 4.60. The number of pyridine rings is 1. The second-order valence-corrected chi connectivity index (χ2v) is 7.55. The molecule has 8 heteroatoms. The van der Waals surface area contributed by atoms with E-state index in [1.165, 1.54) is 0 Å². The first-order valence-corrected chi connectivity index (χ1v) is 9.43. The van der Waals surface area contributed by atoms with Crippen molar-refractivity contribution >= 4 is 34.5 Å². The molecule has 4 rings (SSSR count). The van der Waals surface area contributed by atoms with E-state index in [0.29, 0.717) is 35.6 Å². The highest BCUT2D eigenvalue weighted by molar-refractivity contribution is 7.13. The van der Waals surface area contributed by atoms with Crippen molar-refractivity contribution in [1.29, 1.82) is 0 Å². The van der Waals surface area contributed by atoms with Gasteiger partial charge in [-0.3, -0.25) is 9.69 Å². The Bertz CT molecular complexity index is 971. The molecule has 0 aromatic carbocycles. The minimum atomic E-state index is -0.0424. The highest BCUT2D eigenvalue weighted by Gasteiger charge is 2.22. The summed E-state index contributed by atoms with van der Waals surface area (Å²) in [5, 5.41) is 2.76. The molecule has 4 heterocycles. The summed E-state index contributed by atoms with van der Waals surface area (Å²) >= 11 is 13.6. The van der Waals surface area contributed by atoms with Crippen LogP contribution in [0.4, 0.5) is 0 Å². The van der Waals surface area contributed by atoms with Gasteiger partial charge in [-0.05, 0) is 23.9 Å². The van der Waals surface area contributed by atoms with Crippen LogP contribution >= 0.6 is 34.5 Å². The number of rotatable bonds is 3. The largest absolute Gasteiger partial charge is 0.306 e. The second kappa shape index (κ2) is 6.88. The van der Waals surface area contributed by atoms with Crippen molar-refractivity contribution < 1.29 is 0 Å². The van der Waals surface area contributed by atoms with Gasteiger partial charge in [0.1, 0.15) is 10.3 Å². The topological polar surface area (TPSA) is 61.9 Å². The first kappa shape index (κ1) is 16.7. The van der Waals surface area contributed by atoms with Crippen LogP contribution in [0.25, 0.3) is 10.7 Å². The zero-order valence-corrected chi connectivity index (χ0v) is 15.5. The molecule has 0 radical (unpaired) electrons. The maximum Gasteiger partial charge on any atom is 0.254 e. The minimum Gasteiger partial charge on any atom is -0.306 e. The number of hydrogen-bond donors (Lipinski definition) is 1. The molecule has 3 aromatic rings. The van der Waals surface area contributed by atoms with Crippen LogP contribution in [-0.4, -0.2) is 26.4 Å². The first-order valence-electron chi connectivity index (χ1n) is 7.79. The van der Waals surface area contributed by atoms with Gasteiger partial charge in [0.05, 0.1) is 10.6 Å². The van der Waals surface area contributed by atoms with E-state index >= 15 is 0 Å². The molecule has 0 aliphatic carbocycles. The number of aromatic amines is 1. The van der Waals surface area contributed by atoms with Gasteiger partial charge in [-0.15, -0.1) is 11.3 Å². The average Bonchev–Trinajstić information content (AvgIpc) is 3.12. The summed E-state index contributed by atoms with van der Waals surface area (Å²) in [5.74, 6) is 0.631. The predicted octanol–water partition coefficient (Wildman–Crippen LogP) is 3.76. The van der Waals surface area contributed by atoms with Crippen LogP contribution in [0.3, 0.4) is 0 Å². The minimum absolute atomic E-state index is 0.0424. The van der Waals surface area contributed by atoms with Crippen molar-refractivity contribution in [2.24, 2.45) is 0 Å². The Hall–Kier alpha value is -1.73. The third-order valence-corrected chi connectivity index (χ3v) is 5.61. The Morgan fingerprint density at radius 1 is 1.24 bits per heavy atom. The van der Waals surface area contributed by atoms with Gasteiger partial charge in [-0.2, -0.15) is 0 Å². The van der Waals surface area contributed by atoms with Crippen molar-refractivity contribution in [3.8, 4) is 10.7 Å². The molecule has 0 saturated heterocycles. The van der Waals surface area contributed by atoms with Crippen LogP contribution in [-0.2, 0) is 19.5 Å². The van der Waals surface area contributed by atoms with Crippen LogP contribution in [0.2, 0.25) is 10.3 Å². The fourth-order valence-corrected chi connectivity index (χ4v) is 4.03. The van der Waals surface area contributed by atoms with Gasteiger partial charge >= 0.3 is 0 Å². The van der Waals surface area contributed by atoms with Crippen LogP contribution in [0, 0.1) is 0 Å². The van der Waals surface area contributed by atoms with Crippen molar-refractivity contribution in [3.05, 3.63) is 67.1 Å². The van der Waals surface area contributed by atoms with Gasteiger partial charge in [0.2, 0.25) is 0 Å². The SMILES string of the molecule is O=c1[nH]c(-c2cccs2)nc2c1CCN(Cc1ccc(Cl)nc1Cl)C2. The van der Waals surface area contributed by atoms with Crippen LogP contribution in [0.15, 0.2) is 34.4 Å². The lowest BCUT2D eigenvalue weighted by molar-refractivity contribution is 0.240. The number of thiophene rings is 1.